The number of benzene rings is 1. The van der Waals surface area contributed by atoms with Crippen LogP contribution in [0.4, 0.5) is 5.69 Å². The number of nitrogens with two attached hydrogens (primary N) is 1. The number of nitrogens with zero attached hydrogens (tertiary/aromatic N) is 1. The Morgan fingerprint density at radius 2 is 1.52 bits per heavy atom. The summed E-state index contributed by atoms with van der Waals surface area (Å²) in [7, 11) is 0. The second kappa shape index (κ2) is 4.24. The summed E-state index contributed by atoms with van der Waals surface area (Å²) in [5.74, 6) is 0.807. The molecule has 0 aliphatic heterocycles. The molecule has 0 unspecified atom stereocenters. The first-order valence-corrected chi connectivity index (χ1v) is 7.66. The highest BCUT2D eigenvalue weighted by Crippen LogP contribution is 2.60. The molecular weight excluding hydrogens is 311 g/mol. The molecule has 4 N–H and O–H groups in total. The summed E-state index contributed by atoms with van der Waals surface area (Å²) < 4.78 is 1.38. The molecule has 2 bridgehead atoms. The molecule has 2 aromatic rings. The Balaban J connectivity index is 1.98. The Morgan fingerprint density at radius 1 is 1.00 bits per heavy atom. The minimum atomic E-state index is 0.0692. The van der Waals surface area contributed by atoms with Gasteiger partial charge in [-0.25, -0.2) is 4.57 Å². The van der Waals surface area contributed by atoms with E-state index in [1.165, 1.54) is 10.6 Å². The number of halogens is 2. The van der Waals surface area contributed by atoms with E-state index >= 15 is 0 Å². The number of fused-ring (bicyclic) bond motifs is 5. The maximum Gasteiger partial charge on any atom is 0.202 e. The first-order valence-electron chi connectivity index (χ1n) is 6.90. The molecule has 2 aliphatic carbocycles. The fourth-order valence-corrected chi connectivity index (χ4v) is 4.20. The topological polar surface area (TPSA) is 71.4 Å². The normalized spacial score (nSPS) is 22.8. The van der Waals surface area contributed by atoms with Crippen molar-refractivity contribution >= 4 is 28.9 Å². The van der Waals surface area contributed by atoms with Crippen molar-refractivity contribution in [1.82, 2.24) is 4.57 Å². The van der Waals surface area contributed by atoms with Crippen molar-refractivity contribution in [2.75, 3.05) is 5.73 Å². The van der Waals surface area contributed by atoms with Gasteiger partial charge in [0.1, 0.15) is 0 Å². The Morgan fingerprint density at radius 3 is 2.10 bits per heavy atom. The molecular formula is C15H14Cl2N2O2. The van der Waals surface area contributed by atoms with Gasteiger partial charge in [-0.1, -0.05) is 23.2 Å². The van der Waals surface area contributed by atoms with Crippen LogP contribution in [0.15, 0.2) is 12.1 Å². The van der Waals surface area contributed by atoms with Crippen LogP contribution in [0.2, 0.25) is 10.0 Å². The second-order valence-electron chi connectivity index (χ2n) is 5.84. The minimum Gasteiger partial charge on any atom is -0.494 e. The standard InChI is InChI=1S/C15H14Cl2N2O2/c16-8-4-10(18)11(5-9(8)17)19-14(20)12-6-1-2-7(3-6)13(12)15(19)21/h4-7,20-21H,1-3,18H2/t6-,7+. The summed E-state index contributed by atoms with van der Waals surface area (Å²) in [5.41, 5.74) is 8.53. The lowest BCUT2D eigenvalue weighted by Crippen LogP contribution is -2.00. The van der Waals surface area contributed by atoms with Gasteiger partial charge in [0.2, 0.25) is 11.8 Å². The van der Waals surface area contributed by atoms with Crippen LogP contribution in [0, 0.1) is 0 Å². The smallest absolute Gasteiger partial charge is 0.202 e. The van der Waals surface area contributed by atoms with Gasteiger partial charge in [0.25, 0.3) is 0 Å². The first-order chi connectivity index (χ1) is 9.99. The lowest BCUT2D eigenvalue weighted by molar-refractivity contribution is 0.395. The SMILES string of the molecule is Nc1cc(Cl)c(Cl)cc1-n1c(O)c2c(c1O)[C@H]1CC[C@@H]2C1. The number of aromatic hydroxyl groups is 2. The molecule has 1 aromatic carbocycles. The molecule has 1 fully saturated rings. The highest BCUT2D eigenvalue weighted by atomic mass is 35.5. The molecule has 4 rings (SSSR count). The molecule has 21 heavy (non-hydrogen) atoms. The zero-order chi connectivity index (χ0) is 14.9. The molecule has 0 amide bonds. The van der Waals surface area contributed by atoms with Crippen molar-refractivity contribution in [3.05, 3.63) is 33.3 Å². The third-order valence-electron chi connectivity index (χ3n) is 4.76. The highest BCUT2D eigenvalue weighted by molar-refractivity contribution is 6.42. The molecule has 4 nitrogen and oxygen atoms in total. The lowest BCUT2D eigenvalue weighted by Gasteiger charge is -2.13. The van der Waals surface area contributed by atoms with E-state index in [1.54, 1.807) is 6.07 Å². The molecule has 0 radical (unpaired) electrons. The van der Waals surface area contributed by atoms with E-state index in [0.29, 0.717) is 33.3 Å². The zero-order valence-electron chi connectivity index (χ0n) is 11.1. The monoisotopic (exact) mass is 324 g/mol. The minimum absolute atomic E-state index is 0.0692. The number of aromatic nitrogens is 1. The van der Waals surface area contributed by atoms with Gasteiger partial charge in [-0.3, -0.25) is 0 Å². The van der Waals surface area contributed by atoms with Crippen LogP contribution < -0.4 is 5.73 Å². The molecule has 1 saturated carbocycles. The predicted octanol–water partition coefficient (Wildman–Crippen LogP) is 4.14. The number of hydrogen-bond donors (Lipinski definition) is 3. The maximum atomic E-state index is 10.6. The van der Waals surface area contributed by atoms with Crippen LogP contribution in [0.1, 0.15) is 42.2 Å². The maximum absolute atomic E-state index is 10.6. The number of hydrogen-bond acceptors (Lipinski definition) is 3. The third-order valence-corrected chi connectivity index (χ3v) is 5.48. The van der Waals surface area contributed by atoms with Crippen LogP contribution in [0.3, 0.4) is 0 Å². The van der Waals surface area contributed by atoms with Crippen molar-refractivity contribution in [2.45, 2.75) is 31.1 Å². The Labute approximate surface area is 131 Å². The molecule has 110 valence electrons. The van der Waals surface area contributed by atoms with Gasteiger partial charge in [-0.05, 0) is 43.2 Å². The molecule has 2 atom stereocenters. The number of rotatable bonds is 1. The van der Waals surface area contributed by atoms with E-state index in [9.17, 15) is 10.2 Å². The molecule has 0 saturated heterocycles. The van der Waals surface area contributed by atoms with E-state index in [2.05, 4.69) is 0 Å². The van der Waals surface area contributed by atoms with E-state index in [4.69, 9.17) is 28.9 Å². The first kappa shape index (κ1) is 13.2. The van der Waals surface area contributed by atoms with Gasteiger partial charge in [-0.2, -0.15) is 0 Å². The summed E-state index contributed by atoms with van der Waals surface area (Å²) in [6.07, 6.45) is 3.14. The van der Waals surface area contributed by atoms with Gasteiger partial charge < -0.3 is 15.9 Å². The number of anilines is 1. The fourth-order valence-electron chi connectivity index (χ4n) is 3.87. The number of nitrogen functional groups attached to an aromatic ring is 1. The van der Waals surface area contributed by atoms with Crippen LogP contribution >= 0.6 is 23.2 Å². The van der Waals surface area contributed by atoms with Crippen LogP contribution in [0.5, 0.6) is 11.8 Å². The van der Waals surface area contributed by atoms with Gasteiger partial charge in [0, 0.05) is 11.1 Å². The predicted molar refractivity (Wildman–Crippen MR) is 82.9 cm³/mol. The van der Waals surface area contributed by atoms with Crippen molar-refractivity contribution in [3.8, 4) is 17.4 Å². The Hall–Kier alpha value is -1.52. The van der Waals surface area contributed by atoms with Crippen LogP contribution in [-0.2, 0) is 0 Å². The van der Waals surface area contributed by atoms with Crippen LogP contribution in [-0.4, -0.2) is 14.8 Å². The van der Waals surface area contributed by atoms with Gasteiger partial charge in [0.15, 0.2) is 0 Å². The summed E-state index contributed by atoms with van der Waals surface area (Å²) in [6.45, 7) is 0. The Bertz CT molecular complexity index is 736. The molecule has 1 aromatic heterocycles. The lowest BCUT2D eigenvalue weighted by atomic mass is 9.95. The van der Waals surface area contributed by atoms with Gasteiger partial charge in [-0.15, -0.1) is 0 Å². The second-order valence-corrected chi connectivity index (χ2v) is 6.66. The van der Waals surface area contributed by atoms with Crippen molar-refractivity contribution in [1.29, 1.82) is 0 Å². The summed E-state index contributed by atoms with van der Waals surface area (Å²) in [6, 6.07) is 3.09. The highest BCUT2D eigenvalue weighted by Gasteiger charge is 2.44. The van der Waals surface area contributed by atoms with Gasteiger partial charge in [0.05, 0.1) is 21.4 Å². The fraction of sp³-hybridized carbons (Fsp3) is 0.333. The van der Waals surface area contributed by atoms with Crippen molar-refractivity contribution in [3.63, 3.8) is 0 Å². The zero-order valence-corrected chi connectivity index (χ0v) is 12.6. The Kier molecular flexibility index (Phi) is 2.66. The van der Waals surface area contributed by atoms with Crippen molar-refractivity contribution in [2.24, 2.45) is 0 Å². The van der Waals surface area contributed by atoms with E-state index in [-0.39, 0.29) is 11.8 Å². The van der Waals surface area contributed by atoms with E-state index < -0.39 is 0 Å². The summed E-state index contributed by atoms with van der Waals surface area (Å²) >= 11 is 12.0. The summed E-state index contributed by atoms with van der Waals surface area (Å²) in [5, 5.41) is 21.8. The molecule has 2 aliphatic rings. The molecule has 1 heterocycles. The average Bonchev–Trinajstić information content (AvgIpc) is 3.09. The van der Waals surface area contributed by atoms with Crippen LogP contribution in [0.25, 0.3) is 5.69 Å². The molecule has 0 spiro atoms. The average molecular weight is 325 g/mol. The van der Waals surface area contributed by atoms with Gasteiger partial charge >= 0.3 is 0 Å². The quantitative estimate of drug-likeness (QED) is 0.690. The largest absolute Gasteiger partial charge is 0.494 e. The summed E-state index contributed by atoms with van der Waals surface area (Å²) in [4.78, 5) is 0. The molecule has 6 heteroatoms. The van der Waals surface area contributed by atoms with E-state index in [1.807, 2.05) is 0 Å². The van der Waals surface area contributed by atoms with Crippen molar-refractivity contribution < 1.29 is 10.2 Å². The van der Waals surface area contributed by atoms with E-state index in [0.717, 1.165) is 30.4 Å². The third kappa shape index (κ3) is 1.63.